The SMILES string of the molecule is CC(C)n1cnc2c(N(Cc3ccccc3)C3CCNCC3)nc(NC3CCC(NC(=O)O)CC3)nc21. The molecule has 0 radical (unpaired) electrons. The Morgan fingerprint density at radius 3 is 2.46 bits per heavy atom. The van der Waals surface area contributed by atoms with Crippen LogP contribution in [0.5, 0.6) is 0 Å². The number of amides is 1. The van der Waals surface area contributed by atoms with Crippen molar-refractivity contribution in [2.24, 2.45) is 0 Å². The fourth-order valence-corrected chi connectivity index (χ4v) is 5.56. The second-order valence-corrected chi connectivity index (χ2v) is 10.5. The Kier molecular flexibility index (Phi) is 7.73. The Balaban J connectivity index is 1.48. The molecular formula is C27H38N8O2. The number of hydrogen-bond acceptors (Lipinski definition) is 7. The van der Waals surface area contributed by atoms with Crippen LogP contribution in [0, 0.1) is 0 Å². The van der Waals surface area contributed by atoms with Crippen molar-refractivity contribution < 1.29 is 9.90 Å². The average molecular weight is 507 g/mol. The Morgan fingerprint density at radius 1 is 1.08 bits per heavy atom. The van der Waals surface area contributed by atoms with Crippen molar-refractivity contribution in [1.29, 1.82) is 0 Å². The summed E-state index contributed by atoms with van der Waals surface area (Å²) in [5, 5.41) is 18.8. The summed E-state index contributed by atoms with van der Waals surface area (Å²) >= 11 is 0. The molecule has 1 aromatic carbocycles. The summed E-state index contributed by atoms with van der Waals surface area (Å²) in [6.07, 6.45) is 6.37. The van der Waals surface area contributed by atoms with E-state index in [1.807, 2.05) is 12.4 Å². The van der Waals surface area contributed by atoms with Crippen molar-refractivity contribution in [2.75, 3.05) is 23.3 Å². The summed E-state index contributed by atoms with van der Waals surface area (Å²) in [4.78, 5) is 28.3. The lowest BCUT2D eigenvalue weighted by Gasteiger charge is -2.36. The second-order valence-electron chi connectivity index (χ2n) is 10.5. The molecule has 0 unspecified atom stereocenters. The number of benzene rings is 1. The van der Waals surface area contributed by atoms with Crippen LogP contribution in [-0.4, -0.2) is 61.9 Å². The molecule has 1 aliphatic carbocycles. The smallest absolute Gasteiger partial charge is 0.404 e. The zero-order valence-corrected chi connectivity index (χ0v) is 21.7. The molecule has 3 heterocycles. The zero-order valence-electron chi connectivity index (χ0n) is 21.7. The molecule has 1 amide bonds. The number of hydrogen-bond donors (Lipinski definition) is 4. The summed E-state index contributed by atoms with van der Waals surface area (Å²) in [7, 11) is 0. The molecule has 10 nitrogen and oxygen atoms in total. The third-order valence-corrected chi connectivity index (χ3v) is 7.56. The molecule has 2 aromatic heterocycles. The van der Waals surface area contributed by atoms with Gasteiger partial charge >= 0.3 is 6.09 Å². The van der Waals surface area contributed by atoms with Crippen LogP contribution in [0.1, 0.15) is 64.0 Å². The summed E-state index contributed by atoms with van der Waals surface area (Å²) < 4.78 is 2.11. The van der Waals surface area contributed by atoms with Crippen LogP contribution in [0.25, 0.3) is 11.2 Å². The highest BCUT2D eigenvalue weighted by molar-refractivity contribution is 5.85. The predicted molar refractivity (Wildman–Crippen MR) is 145 cm³/mol. The lowest BCUT2D eigenvalue weighted by molar-refractivity contribution is 0.185. The van der Waals surface area contributed by atoms with Gasteiger partial charge in [-0.2, -0.15) is 9.97 Å². The highest BCUT2D eigenvalue weighted by Crippen LogP contribution is 2.32. The van der Waals surface area contributed by atoms with E-state index in [4.69, 9.17) is 20.1 Å². The number of imidazole rings is 1. The Morgan fingerprint density at radius 2 is 1.78 bits per heavy atom. The maximum absolute atomic E-state index is 11.0. The first-order valence-corrected chi connectivity index (χ1v) is 13.5. The van der Waals surface area contributed by atoms with E-state index in [9.17, 15) is 4.79 Å². The number of piperidine rings is 1. The number of rotatable bonds is 8. The van der Waals surface area contributed by atoms with Gasteiger partial charge in [0.1, 0.15) is 0 Å². The van der Waals surface area contributed by atoms with Crippen LogP contribution in [0.15, 0.2) is 36.7 Å². The van der Waals surface area contributed by atoms with E-state index in [0.717, 1.165) is 75.1 Å². The maximum Gasteiger partial charge on any atom is 0.404 e. The first-order valence-electron chi connectivity index (χ1n) is 13.5. The van der Waals surface area contributed by atoms with E-state index in [1.165, 1.54) is 5.56 Å². The van der Waals surface area contributed by atoms with Gasteiger partial charge in [-0.05, 0) is 71.0 Å². The standard InChI is InChI=1S/C27H38N8O2/c1-18(2)35-17-29-23-24(34(22-12-14-28-15-13-22)16-19-6-4-3-5-7-19)32-26(33-25(23)35)30-20-8-10-21(11-9-20)31-27(36)37/h3-7,17-18,20-22,28,31H,8-16H2,1-2H3,(H,36,37)(H,30,32,33). The van der Waals surface area contributed by atoms with Gasteiger partial charge in [0.15, 0.2) is 17.0 Å². The van der Waals surface area contributed by atoms with Crippen molar-refractivity contribution in [2.45, 2.75) is 83.1 Å². The molecule has 1 saturated carbocycles. The number of anilines is 2. The lowest BCUT2D eigenvalue weighted by Crippen LogP contribution is -2.43. The molecule has 2 aliphatic rings. The molecule has 5 rings (SSSR count). The molecule has 0 bridgehead atoms. The van der Waals surface area contributed by atoms with E-state index in [2.05, 4.69) is 63.5 Å². The molecular weight excluding hydrogens is 468 g/mol. The van der Waals surface area contributed by atoms with Crippen LogP contribution in [0.2, 0.25) is 0 Å². The quantitative estimate of drug-likeness (QED) is 0.360. The molecule has 10 heteroatoms. The van der Waals surface area contributed by atoms with Crippen molar-refractivity contribution in [3.05, 3.63) is 42.2 Å². The van der Waals surface area contributed by atoms with Crippen molar-refractivity contribution in [3.8, 4) is 0 Å². The number of nitrogens with zero attached hydrogens (tertiary/aromatic N) is 5. The molecule has 0 spiro atoms. The third-order valence-electron chi connectivity index (χ3n) is 7.56. The Bertz CT molecular complexity index is 1180. The van der Waals surface area contributed by atoms with Gasteiger partial charge in [-0.1, -0.05) is 30.3 Å². The number of carbonyl (C=O) groups is 1. The summed E-state index contributed by atoms with van der Waals surface area (Å²) in [5.41, 5.74) is 2.92. The van der Waals surface area contributed by atoms with Crippen molar-refractivity contribution in [1.82, 2.24) is 30.2 Å². The molecule has 0 atom stereocenters. The predicted octanol–water partition coefficient (Wildman–Crippen LogP) is 4.16. The van der Waals surface area contributed by atoms with Gasteiger partial charge in [0.2, 0.25) is 5.95 Å². The van der Waals surface area contributed by atoms with Crippen LogP contribution in [0.3, 0.4) is 0 Å². The van der Waals surface area contributed by atoms with Gasteiger partial charge in [-0.15, -0.1) is 0 Å². The second kappa shape index (κ2) is 11.3. The fraction of sp³-hybridized carbons (Fsp3) is 0.556. The molecule has 4 N–H and O–H groups in total. The number of nitrogens with one attached hydrogen (secondary N) is 3. The van der Waals surface area contributed by atoms with Gasteiger partial charge < -0.3 is 30.5 Å². The minimum absolute atomic E-state index is 0.0122. The molecule has 3 aromatic rings. The molecule has 1 saturated heterocycles. The Labute approximate surface area is 217 Å². The van der Waals surface area contributed by atoms with Crippen LogP contribution >= 0.6 is 0 Å². The Hall–Kier alpha value is -3.40. The summed E-state index contributed by atoms with van der Waals surface area (Å²) in [6, 6.07) is 11.3. The highest BCUT2D eigenvalue weighted by Gasteiger charge is 2.28. The fourth-order valence-electron chi connectivity index (χ4n) is 5.56. The molecule has 37 heavy (non-hydrogen) atoms. The first-order chi connectivity index (χ1) is 18.0. The largest absolute Gasteiger partial charge is 0.465 e. The highest BCUT2D eigenvalue weighted by atomic mass is 16.4. The van der Waals surface area contributed by atoms with E-state index >= 15 is 0 Å². The van der Waals surface area contributed by atoms with Gasteiger partial charge in [-0.3, -0.25) is 0 Å². The third kappa shape index (κ3) is 5.95. The van der Waals surface area contributed by atoms with Crippen LogP contribution in [0.4, 0.5) is 16.6 Å². The van der Waals surface area contributed by atoms with Gasteiger partial charge in [0, 0.05) is 30.7 Å². The van der Waals surface area contributed by atoms with Crippen molar-refractivity contribution in [3.63, 3.8) is 0 Å². The topological polar surface area (TPSA) is 120 Å². The number of carboxylic acid groups (broad SMARTS) is 1. The van der Waals surface area contributed by atoms with Crippen molar-refractivity contribution >= 4 is 29.0 Å². The number of aromatic nitrogens is 4. The van der Waals surface area contributed by atoms with E-state index in [0.29, 0.717) is 12.0 Å². The lowest BCUT2D eigenvalue weighted by atomic mass is 9.91. The summed E-state index contributed by atoms with van der Waals surface area (Å²) in [6.45, 7) is 7.02. The van der Waals surface area contributed by atoms with E-state index < -0.39 is 6.09 Å². The maximum atomic E-state index is 11.0. The van der Waals surface area contributed by atoms with Crippen LogP contribution in [-0.2, 0) is 6.54 Å². The van der Waals surface area contributed by atoms with E-state index in [-0.39, 0.29) is 18.1 Å². The van der Waals surface area contributed by atoms with E-state index in [1.54, 1.807) is 0 Å². The molecule has 1 aliphatic heterocycles. The minimum atomic E-state index is -0.951. The van der Waals surface area contributed by atoms with Gasteiger partial charge in [0.25, 0.3) is 0 Å². The minimum Gasteiger partial charge on any atom is -0.465 e. The average Bonchev–Trinajstić information content (AvgIpc) is 3.33. The van der Waals surface area contributed by atoms with Gasteiger partial charge in [0.05, 0.1) is 6.33 Å². The monoisotopic (exact) mass is 506 g/mol. The zero-order chi connectivity index (χ0) is 25.8. The first kappa shape index (κ1) is 25.3. The molecule has 198 valence electrons. The van der Waals surface area contributed by atoms with Crippen LogP contribution < -0.4 is 20.9 Å². The number of fused-ring (bicyclic) bond motifs is 1. The molecule has 2 fully saturated rings. The van der Waals surface area contributed by atoms with Gasteiger partial charge in [-0.25, -0.2) is 9.78 Å². The normalized spacial score (nSPS) is 20.7. The summed E-state index contributed by atoms with van der Waals surface area (Å²) in [5.74, 6) is 1.50.